The molecular formula is C10H20N2O5. The summed E-state index contributed by atoms with van der Waals surface area (Å²) in [6.45, 7) is 3.77. The number of aliphatic hydroxyl groups excluding tert-OH is 1. The van der Waals surface area contributed by atoms with Crippen LogP contribution in [0.15, 0.2) is 12.7 Å². The number of carbonyl (C=O) groups is 1. The van der Waals surface area contributed by atoms with Crippen LogP contribution in [0.5, 0.6) is 0 Å². The van der Waals surface area contributed by atoms with E-state index >= 15 is 0 Å². The molecule has 0 spiro atoms. The fraction of sp³-hybridized carbons (Fsp3) is 0.700. The molecule has 0 saturated heterocycles. The van der Waals surface area contributed by atoms with E-state index in [1.54, 1.807) is 0 Å². The van der Waals surface area contributed by atoms with E-state index in [4.69, 9.17) is 14.6 Å². The number of carboxylic acid groups (broad SMARTS) is 1. The number of nitrogens with one attached hydrogen (secondary N) is 1. The molecule has 2 atom stereocenters. The molecule has 0 aliphatic heterocycles. The molecule has 0 aromatic carbocycles. The number of amides is 1. The van der Waals surface area contributed by atoms with Gasteiger partial charge in [0.05, 0.1) is 25.9 Å². The number of methoxy groups -OCH3 is 2. The lowest BCUT2D eigenvalue weighted by Gasteiger charge is -2.28. The van der Waals surface area contributed by atoms with Gasteiger partial charge in [-0.25, -0.2) is 4.79 Å². The van der Waals surface area contributed by atoms with E-state index in [9.17, 15) is 9.90 Å². The summed E-state index contributed by atoms with van der Waals surface area (Å²) in [4.78, 5) is 12.1. The Morgan fingerprint density at radius 3 is 2.59 bits per heavy atom. The fourth-order valence-corrected chi connectivity index (χ4v) is 1.24. The summed E-state index contributed by atoms with van der Waals surface area (Å²) in [5.74, 6) is 0. The van der Waals surface area contributed by atoms with Crippen LogP contribution in [-0.4, -0.2) is 67.6 Å². The third-order valence-corrected chi connectivity index (χ3v) is 2.09. The number of nitrogens with zero attached hydrogens (tertiary/aromatic N) is 1. The molecule has 100 valence electrons. The van der Waals surface area contributed by atoms with Crippen LogP contribution in [-0.2, 0) is 9.47 Å². The standard InChI is InChI=1S/C10H20N2O5/c1-4-8(6-16-2)12(10(14)15)5-9(13)11-7-17-3/h4,8-9,11,13H,1,5-7H2,2-3H3,(H,14,15). The van der Waals surface area contributed by atoms with Crippen LogP contribution in [0, 0.1) is 0 Å². The van der Waals surface area contributed by atoms with Crippen molar-refractivity contribution in [3.63, 3.8) is 0 Å². The molecule has 0 rings (SSSR count). The van der Waals surface area contributed by atoms with Crippen LogP contribution >= 0.6 is 0 Å². The van der Waals surface area contributed by atoms with Crippen molar-refractivity contribution in [1.29, 1.82) is 0 Å². The molecule has 0 radical (unpaired) electrons. The van der Waals surface area contributed by atoms with E-state index in [1.807, 2.05) is 0 Å². The first kappa shape index (κ1) is 15.9. The minimum atomic E-state index is -1.15. The average Bonchev–Trinajstić information content (AvgIpc) is 2.30. The normalized spacial score (nSPS) is 14.1. The maximum absolute atomic E-state index is 11.0. The van der Waals surface area contributed by atoms with Crippen molar-refractivity contribution in [2.24, 2.45) is 0 Å². The largest absolute Gasteiger partial charge is 0.465 e. The van der Waals surface area contributed by atoms with Crippen molar-refractivity contribution in [1.82, 2.24) is 10.2 Å². The minimum absolute atomic E-state index is 0.0985. The maximum Gasteiger partial charge on any atom is 0.408 e. The Kier molecular flexibility index (Phi) is 8.34. The Bertz CT molecular complexity index is 237. The molecule has 0 heterocycles. The first-order valence-electron chi connectivity index (χ1n) is 5.08. The van der Waals surface area contributed by atoms with Gasteiger partial charge in [0.1, 0.15) is 6.23 Å². The van der Waals surface area contributed by atoms with E-state index in [0.717, 1.165) is 4.90 Å². The predicted molar refractivity (Wildman–Crippen MR) is 61.6 cm³/mol. The summed E-state index contributed by atoms with van der Waals surface area (Å²) in [6, 6.07) is -0.503. The van der Waals surface area contributed by atoms with Gasteiger partial charge in [0, 0.05) is 14.2 Å². The van der Waals surface area contributed by atoms with E-state index in [0.29, 0.717) is 0 Å². The first-order chi connectivity index (χ1) is 8.06. The van der Waals surface area contributed by atoms with Crippen molar-refractivity contribution in [3.8, 4) is 0 Å². The first-order valence-corrected chi connectivity index (χ1v) is 5.08. The molecule has 2 unspecified atom stereocenters. The van der Waals surface area contributed by atoms with Gasteiger partial charge in [-0.1, -0.05) is 6.08 Å². The number of rotatable bonds is 9. The highest BCUT2D eigenvalue weighted by atomic mass is 16.5. The molecule has 0 bridgehead atoms. The molecule has 0 saturated carbocycles. The van der Waals surface area contributed by atoms with Crippen LogP contribution in [0.2, 0.25) is 0 Å². The SMILES string of the molecule is C=CC(COC)N(CC(O)NCOC)C(=O)O. The fourth-order valence-electron chi connectivity index (χ4n) is 1.24. The van der Waals surface area contributed by atoms with Gasteiger partial charge in [0.2, 0.25) is 0 Å². The van der Waals surface area contributed by atoms with E-state index in [2.05, 4.69) is 11.9 Å². The summed E-state index contributed by atoms with van der Waals surface area (Å²) in [6.07, 6.45) is -0.698. The predicted octanol–water partition coefficient (Wildman–Crippen LogP) is -0.321. The van der Waals surface area contributed by atoms with Gasteiger partial charge in [-0.15, -0.1) is 6.58 Å². The molecule has 0 aromatic rings. The summed E-state index contributed by atoms with van der Waals surface area (Å²) < 4.78 is 9.59. The second-order valence-corrected chi connectivity index (χ2v) is 3.35. The molecule has 0 aliphatic carbocycles. The lowest BCUT2D eigenvalue weighted by atomic mass is 10.2. The van der Waals surface area contributed by atoms with Gasteiger partial charge < -0.3 is 19.7 Å². The van der Waals surface area contributed by atoms with Gasteiger partial charge in [-0.2, -0.15) is 0 Å². The quantitative estimate of drug-likeness (QED) is 0.382. The Labute approximate surface area is 101 Å². The van der Waals surface area contributed by atoms with Gasteiger partial charge >= 0.3 is 6.09 Å². The van der Waals surface area contributed by atoms with Crippen LogP contribution in [0.25, 0.3) is 0 Å². The monoisotopic (exact) mass is 248 g/mol. The third-order valence-electron chi connectivity index (χ3n) is 2.09. The molecule has 7 heteroatoms. The van der Waals surface area contributed by atoms with E-state index in [1.165, 1.54) is 20.3 Å². The van der Waals surface area contributed by atoms with Crippen LogP contribution in [0.1, 0.15) is 0 Å². The highest BCUT2D eigenvalue weighted by molar-refractivity contribution is 5.65. The summed E-state index contributed by atoms with van der Waals surface area (Å²) in [7, 11) is 2.93. The van der Waals surface area contributed by atoms with Gasteiger partial charge in [-0.3, -0.25) is 10.2 Å². The summed E-state index contributed by atoms with van der Waals surface area (Å²) in [5, 5.41) is 21.2. The molecule has 0 aromatic heterocycles. The second kappa shape index (κ2) is 8.94. The van der Waals surface area contributed by atoms with E-state index in [-0.39, 0.29) is 19.9 Å². The third kappa shape index (κ3) is 6.22. The molecule has 7 nitrogen and oxygen atoms in total. The maximum atomic E-state index is 11.0. The summed E-state index contributed by atoms with van der Waals surface area (Å²) >= 11 is 0. The smallest absolute Gasteiger partial charge is 0.408 e. The Hall–Kier alpha value is -1.15. The molecule has 0 fully saturated rings. The average molecular weight is 248 g/mol. The zero-order valence-corrected chi connectivity index (χ0v) is 10.1. The zero-order valence-electron chi connectivity index (χ0n) is 10.1. The van der Waals surface area contributed by atoms with Crippen LogP contribution in [0.4, 0.5) is 4.79 Å². The lowest BCUT2D eigenvalue weighted by Crippen LogP contribution is -2.49. The van der Waals surface area contributed by atoms with Crippen molar-refractivity contribution < 1.29 is 24.5 Å². The van der Waals surface area contributed by atoms with Crippen molar-refractivity contribution in [2.75, 3.05) is 34.1 Å². The summed E-state index contributed by atoms with van der Waals surface area (Å²) in [5.41, 5.74) is 0. The topological polar surface area (TPSA) is 91.3 Å². The number of hydrogen-bond donors (Lipinski definition) is 3. The highest BCUT2D eigenvalue weighted by Crippen LogP contribution is 2.03. The van der Waals surface area contributed by atoms with E-state index < -0.39 is 18.4 Å². The lowest BCUT2D eigenvalue weighted by molar-refractivity contribution is 0.0297. The highest BCUT2D eigenvalue weighted by Gasteiger charge is 2.23. The van der Waals surface area contributed by atoms with Crippen LogP contribution < -0.4 is 5.32 Å². The molecule has 0 aliphatic rings. The van der Waals surface area contributed by atoms with Gasteiger partial charge in [-0.05, 0) is 0 Å². The molecule has 17 heavy (non-hydrogen) atoms. The van der Waals surface area contributed by atoms with Crippen molar-refractivity contribution in [2.45, 2.75) is 12.3 Å². The Balaban J connectivity index is 4.40. The Morgan fingerprint density at radius 1 is 1.53 bits per heavy atom. The van der Waals surface area contributed by atoms with Crippen LogP contribution in [0.3, 0.4) is 0 Å². The van der Waals surface area contributed by atoms with Crippen molar-refractivity contribution in [3.05, 3.63) is 12.7 Å². The number of hydrogen-bond acceptors (Lipinski definition) is 5. The number of aliphatic hydroxyl groups is 1. The molecular weight excluding hydrogens is 228 g/mol. The van der Waals surface area contributed by atoms with Crippen molar-refractivity contribution >= 4 is 6.09 Å². The minimum Gasteiger partial charge on any atom is -0.465 e. The number of ether oxygens (including phenoxy) is 2. The second-order valence-electron chi connectivity index (χ2n) is 3.35. The zero-order chi connectivity index (χ0) is 13.3. The Morgan fingerprint density at radius 2 is 2.18 bits per heavy atom. The molecule has 3 N–H and O–H groups in total. The van der Waals surface area contributed by atoms with Gasteiger partial charge in [0.25, 0.3) is 0 Å². The molecule has 1 amide bonds. The van der Waals surface area contributed by atoms with Gasteiger partial charge in [0.15, 0.2) is 0 Å².